The molecule has 12 nitrogen and oxygen atoms in total. The van der Waals surface area contributed by atoms with Crippen LogP contribution in [0.5, 0.6) is 0 Å². The molecular formula is C28H30N10O2S. The van der Waals surface area contributed by atoms with Crippen molar-refractivity contribution in [3.8, 4) is 23.4 Å². The second kappa shape index (κ2) is 10.3. The van der Waals surface area contributed by atoms with Crippen LogP contribution in [0.4, 0.5) is 5.69 Å². The first-order valence-corrected chi connectivity index (χ1v) is 14.9. The molecule has 2 saturated heterocycles. The SMILES string of the molecule is CN(C)c1ccc(S(=O)(=O)N2CCC(N3CC(CC#N)(n4cc(-c5ncnc6[nH]ccc56)cn4)C3)CC2)cc1C#N. The minimum atomic E-state index is -3.71. The van der Waals surface area contributed by atoms with E-state index < -0.39 is 15.6 Å². The average molecular weight is 571 g/mol. The third kappa shape index (κ3) is 4.62. The Hall–Kier alpha value is -4.30. The number of aromatic nitrogens is 5. The largest absolute Gasteiger partial charge is 0.377 e. The quantitative estimate of drug-likeness (QED) is 0.353. The van der Waals surface area contributed by atoms with E-state index >= 15 is 0 Å². The predicted molar refractivity (Wildman–Crippen MR) is 152 cm³/mol. The molecule has 0 amide bonds. The fourth-order valence-electron chi connectivity index (χ4n) is 6.01. The maximum atomic E-state index is 13.4. The van der Waals surface area contributed by atoms with E-state index in [0.717, 1.165) is 22.3 Å². The Morgan fingerprint density at radius 1 is 1.15 bits per heavy atom. The number of nitrogens with one attached hydrogen (secondary N) is 1. The lowest BCUT2D eigenvalue weighted by Crippen LogP contribution is -2.66. The number of benzene rings is 1. The topological polar surface area (TPSA) is 151 Å². The van der Waals surface area contributed by atoms with E-state index in [0.29, 0.717) is 56.7 Å². The highest BCUT2D eigenvalue weighted by Crippen LogP contribution is 2.38. The van der Waals surface area contributed by atoms with Crippen LogP contribution in [0.2, 0.25) is 0 Å². The third-order valence-corrected chi connectivity index (χ3v) is 10.1. The van der Waals surface area contributed by atoms with Crippen LogP contribution >= 0.6 is 0 Å². The van der Waals surface area contributed by atoms with Gasteiger partial charge in [0, 0.05) is 69.7 Å². The van der Waals surface area contributed by atoms with E-state index in [4.69, 9.17) is 0 Å². The number of sulfonamides is 1. The molecule has 5 heterocycles. The number of anilines is 1. The zero-order valence-corrected chi connectivity index (χ0v) is 23.7. The van der Waals surface area contributed by atoms with Gasteiger partial charge in [-0.15, -0.1) is 0 Å². The summed E-state index contributed by atoms with van der Waals surface area (Å²) in [5.41, 5.74) is 2.99. The number of rotatable bonds is 7. The Labute approximate surface area is 238 Å². The summed E-state index contributed by atoms with van der Waals surface area (Å²) in [4.78, 5) is 16.1. The second-order valence-corrected chi connectivity index (χ2v) is 12.9. The highest BCUT2D eigenvalue weighted by molar-refractivity contribution is 7.89. The van der Waals surface area contributed by atoms with Crippen molar-refractivity contribution in [1.29, 1.82) is 10.5 Å². The molecule has 0 spiro atoms. The van der Waals surface area contributed by atoms with Crippen LogP contribution in [-0.2, 0) is 15.6 Å². The lowest BCUT2D eigenvalue weighted by molar-refractivity contribution is -0.0382. The summed E-state index contributed by atoms with van der Waals surface area (Å²) in [7, 11) is -0.0695. The minimum absolute atomic E-state index is 0.144. The van der Waals surface area contributed by atoms with Gasteiger partial charge in [-0.3, -0.25) is 9.58 Å². The molecule has 3 aromatic heterocycles. The molecule has 4 aromatic rings. The van der Waals surface area contributed by atoms with Gasteiger partial charge in [0.1, 0.15) is 23.6 Å². The summed E-state index contributed by atoms with van der Waals surface area (Å²) in [6.45, 7) is 2.14. The van der Waals surface area contributed by atoms with Gasteiger partial charge in [0.05, 0.1) is 40.5 Å². The Morgan fingerprint density at radius 3 is 2.63 bits per heavy atom. The van der Waals surface area contributed by atoms with Crippen molar-refractivity contribution in [1.82, 2.24) is 33.9 Å². The van der Waals surface area contributed by atoms with E-state index in [2.05, 4.69) is 37.1 Å². The number of piperidine rings is 1. The average Bonchev–Trinajstić information content (AvgIpc) is 3.65. The first-order chi connectivity index (χ1) is 19.8. The van der Waals surface area contributed by atoms with Crippen molar-refractivity contribution in [3.63, 3.8) is 0 Å². The van der Waals surface area contributed by atoms with Gasteiger partial charge in [-0.2, -0.15) is 19.9 Å². The smallest absolute Gasteiger partial charge is 0.243 e. The molecule has 0 aliphatic carbocycles. The Morgan fingerprint density at radius 2 is 1.93 bits per heavy atom. The van der Waals surface area contributed by atoms with Gasteiger partial charge in [0.25, 0.3) is 0 Å². The number of aromatic amines is 1. The van der Waals surface area contributed by atoms with Gasteiger partial charge in [0.15, 0.2) is 0 Å². The van der Waals surface area contributed by atoms with Crippen molar-refractivity contribution >= 4 is 26.7 Å². The summed E-state index contributed by atoms with van der Waals surface area (Å²) in [5.74, 6) is 0. The maximum Gasteiger partial charge on any atom is 0.243 e. The highest BCUT2D eigenvalue weighted by atomic mass is 32.2. The molecule has 2 aliphatic heterocycles. The van der Waals surface area contributed by atoms with Gasteiger partial charge in [-0.1, -0.05) is 0 Å². The monoisotopic (exact) mass is 570 g/mol. The number of nitrogens with zero attached hydrogens (tertiary/aromatic N) is 9. The van der Waals surface area contributed by atoms with Crippen molar-refractivity contribution in [2.45, 2.75) is 35.7 Å². The summed E-state index contributed by atoms with van der Waals surface area (Å²) in [5, 5.41) is 24.7. The maximum absolute atomic E-state index is 13.4. The van der Waals surface area contributed by atoms with Crippen LogP contribution in [0, 0.1) is 22.7 Å². The third-order valence-electron chi connectivity index (χ3n) is 8.25. The first-order valence-electron chi connectivity index (χ1n) is 13.4. The van der Waals surface area contributed by atoms with Gasteiger partial charge in [-0.25, -0.2) is 18.4 Å². The normalized spacial score (nSPS) is 18.0. The molecule has 0 bridgehead atoms. The fraction of sp³-hybridized carbons (Fsp3) is 0.393. The zero-order chi connectivity index (χ0) is 28.8. The van der Waals surface area contributed by atoms with Crippen LogP contribution in [-0.4, -0.2) is 88.7 Å². The van der Waals surface area contributed by atoms with E-state index in [-0.39, 0.29) is 10.9 Å². The Kier molecular flexibility index (Phi) is 6.74. The molecule has 2 fully saturated rings. The summed E-state index contributed by atoms with van der Waals surface area (Å²) >= 11 is 0. The Balaban J connectivity index is 1.13. The number of hydrogen-bond donors (Lipinski definition) is 1. The number of nitriles is 2. The van der Waals surface area contributed by atoms with Crippen LogP contribution < -0.4 is 4.90 Å². The van der Waals surface area contributed by atoms with E-state index in [1.165, 1.54) is 16.7 Å². The molecule has 1 aromatic carbocycles. The zero-order valence-electron chi connectivity index (χ0n) is 22.9. The van der Waals surface area contributed by atoms with Gasteiger partial charge in [0.2, 0.25) is 10.0 Å². The molecule has 0 saturated carbocycles. The van der Waals surface area contributed by atoms with Crippen molar-refractivity contribution in [2.75, 3.05) is 45.2 Å². The Bertz CT molecular complexity index is 1780. The van der Waals surface area contributed by atoms with Crippen LogP contribution in [0.1, 0.15) is 24.8 Å². The molecule has 41 heavy (non-hydrogen) atoms. The van der Waals surface area contributed by atoms with E-state index in [9.17, 15) is 18.9 Å². The minimum Gasteiger partial charge on any atom is -0.377 e. The molecule has 0 atom stereocenters. The van der Waals surface area contributed by atoms with Crippen LogP contribution in [0.25, 0.3) is 22.3 Å². The van der Waals surface area contributed by atoms with Crippen molar-refractivity contribution in [3.05, 3.63) is 54.7 Å². The molecule has 210 valence electrons. The lowest BCUT2D eigenvalue weighted by Gasteiger charge is -2.53. The van der Waals surface area contributed by atoms with Crippen molar-refractivity contribution < 1.29 is 8.42 Å². The lowest BCUT2D eigenvalue weighted by atomic mass is 9.84. The van der Waals surface area contributed by atoms with Gasteiger partial charge >= 0.3 is 0 Å². The van der Waals surface area contributed by atoms with E-state index in [1.54, 1.807) is 23.2 Å². The predicted octanol–water partition coefficient (Wildman–Crippen LogP) is 2.54. The molecule has 1 N–H and O–H groups in total. The van der Waals surface area contributed by atoms with E-state index in [1.807, 2.05) is 37.2 Å². The fourth-order valence-corrected chi connectivity index (χ4v) is 7.51. The summed E-state index contributed by atoms with van der Waals surface area (Å²) in [6.07, 6.45) is 8.80. The number of hydrogen-bond acceptors (Lipinski definition) is 9. The van der Waals surface area contributed by atoms with Gasteiger partial charge < -0.3 is 9.88 Å². The standard InChI is InChI=1S/C28H30N10O2S/c1-35(2)25-4-3-23(13-20(25)14-30)41(39,40)37-11-6-22(7-12-37)36-17-28(18-36,8-9-29)38-16-21(15-34-38)26-24-5-10-31-27(24)33-19-32-26/h3-5,10,13,15-16,19,22H,6-8,11-12,17-18H2,1-2H3,(H,31,32,33). The molecule has 6 rings (SSSR count). The first kappa shape index (κ1) is 26.9. The second-order valence-electron chi connectivity index (χ2n) is 10.9. The highest BCUT2D eigenvalue weighted by Gasteiger charge is 2.48. The van der Waals surface area contributed by atoms with Gasteiger partial charge in [-0.05, 0) is 37.1 Å². The summed E-state index contributed by atoms with van der Waals surface area (Å²) < 4.78 is 30.2. The number of likely N-dealkylation sites (tertiary alicyclic amines) is 1. The summed E-state index contributed by atoms with van der Waals surface area (Å²) in [6, 6.07) is 11.3. The number of fused-ring (bicyclic) bond motifs is 1. The molecule has 0 unspecified atom stereocenters. The molecule has 0 radical (unpaired) electrons. The molecule has 13 heteroatoms. The molecular weight excluding hydrogens is 540 g/mol. The molecule has 2 aliphatic rings. The van der Waals surface area contributed by atoms with Crippen molar-refractivity contribution in [2.24, 2.45) is 0 Å². The van der Waals surface area contributed by atoms with Crippen LogP contribution in [0.15, 0.2) is 54.1 Å². The number of H-pyrrole nitrogens is 1. The van der Waals surface area contributed by atoms with Crippen LogP contribution in [0.3, 0.4) is 0 Å².